The van der Waals surface area contributed by atoms with Crippen molar-refractivity contribution in [3.63, 3.8) is 0 Å². The van der Waals surface area contributed by atoms with Crippen LogP contribution in [-0.4, -0.2) is 54.8 Å². The third kappa shape index (κ3) is 5.91. The highest BCUT2D eigenvalue weighted by molar-refractivity contribution is 5.75. The Morgan fingerprint density at radius 1 is 1.24 bits per heavy atom. The fraction of sp³-hybridized carbons (Fsp3) is 0.867. The van der Waals surface area contributed by atoms with Gasteiger partial charge in [-0.05, 0) is 27.2 Å². The zero-order valence-electron chi connectivity index (χ0n) is 13.9. The molecule has 6 heteroatoms. The molecule has 1 N–H and O–H groups in total. The Labute approximate surface area is 127 Å². The normalized spacial score (nSPS) is 23.1. The van der Waals surface area contributed by atoms with Crippen molar-refractivity contribution in [1.82, 2.24) is 10.2 Å². The van der Waals surface area contributed by atoms with Crippen LogP contribution in [0.5, 0.6) is 0 Å². The van der Waals surface area contributed by atoms with E-state index < -0.39 is 5.60 Å². The first-order chi connectivity index (χ1) is 9.62. The molecule has 1 amide bonds. The number of nitrogens with zero attached hydrogens (tertiary/aromatic N) is 1. The van der Waals surface area contributed by atoms with Gasteiger partial charge >= 0.3 is 12.1 Å². The Bertz CT molecular complexity index is 376. The molecule has 6 nitrogen and oxygen atoms in total. The predicted molar refractivity (Wildman–Crippen MR) is 80.0 cm³/mol. The average molecular weight is 300 g/mol. The molecule has 0 radical (unpaired) electrons. The Balaban J connectivity index is 2.77. The van der Waals surface area contributed by atoms with E-state index in [1.54, 1.807) is 4.90 Å². The second-order valence-corrected chi connectivity index (χ2v) is 6.86. The third-order valence-electron chi connectivity index (χ3n) is 3.21. The van der Waals surface area contributed by atoms with Crippen LogP contribution in [0.1, 0.15) is 41.0 Å². The maximum Gasteiger partial charge on any atom is 0.410 e. The van der Waals surface area contributed by atoms with Crippen LogP contribution < -0.4 is 5.32 Å². The molecule has 0 saturated carbocycles. The number of hydrogen-bond acceptors (Lipinski definition) is 5. The van der Waals surface area contributed by atoms with Crippen LogP contribution in [0, 0.1) is 5.92 Å². The number of carbonyl (C=O) groups is 2. The lowest BCUT2D eigenvalue weighted by atomic mass is 9.94. The summed E-state index contributed by atoms with van der Waals surface area (Å²) in [5.74, 6) is -0.591. The third-order valence-corrected chi connectivity index (χ3v) is 3.21. The standard InChI is InChI=1S/C15H28N2O4/c1-10(2)16-12-7-11(13(18)20-6)8-17(9-12)14(19)21-15(3,4)5/h10-12,16H,7-9H2,1-6H3/t11-,12-/m1/s1. The van der Waals surface area contributed by atoms with E-state index in [4.69, 9.17) is 9.47 Å². The number of likely N-dealkylation sites (tertiary alicyclic amines) is 1. The first-order valence-corrected chi connectivity index (χ1v) is 7.44. The lowest BCUT2D eigenvalue weighted by Gasteiger charge is -2.38. The lowest BCUT2D eigenvalue weighted by molar-refractivity contribution is -0.147. The van der Waals surface area contributed by atoms with Gasteiger partial charge in [0, 0.05) is 25.2 Å². The maximum absolute atomic E-state index is 12.2. The van der Waals surface area contributed by atoms with Crippen molar-refractivity contribution < 1.29 is 19.1 Å². The molecule has 1 aliphatic rings. The fourth-order valence-electron chi connectivity index (χ4n) is 2.50. The van der Waals surface area contributed by atoms with Gasteiger partial charge in [0.15, 0.2) is 0 Å². The van der Waals surface area contributed by atoms with Crippen molar-refractivity contribution in [2.45, 2.75) is 58.7 Å². The van der Waals surface area contributed by atoms with Crippen LogP contribution in [-0.2, 0) is 14.3 Å². The molecule has 122 valence electrons. The number of nitrogens with one attached hydrogen (secondary N) is 1. The molecule has 0 spiro atoms. The summed E-state index contributed by atoms with van der Waals surface area (Å²) in [6, 6.07) is 0.349. The Hall–Kier alpha value is -1.30. The highest BCUT2D eigenvalue weighted by atomic mass is 16.6. The maximum atomic E-state index is 12.2. The zero-order chi connectivity index (χ0) is 16.2. The number of methoxy groups -OCH3 is 1. The number of hydrogen-bond donors (Lipinski definition) is 1. The van der Waals surface area contributed by atoms with Gasteiger partial charge in [-0.2, -0.15) is 0 Å². The van der Waals surface area contributed by atoms with Gasteiger partial charge in [0.2, 0.25) is 0 Å². The fourth-order valence-corrected chi connectivity index (χ4v) is 2.50. The number of piperidine rings is 1. The molecular formula is C15H28N2O4. The molecule has 0 unspecified atom stereocenters. The SMILES string of the molecule is COC(=O)[C@@H]1C[C@@H](NC(C)C)CN(C(=O)OC(C)(C)C)C1. The van der Waals surface area contributed by atoms with E-state index in [0.717, 1.165) is 0 Å². The van der Waals surface area contributed by atoms with Crippen LogP contribution in [0.3, 0.4) is 0 Å². The molecule has 1 rings (SSSR count). The van der Waals surface area contributed by atoms with Gasteiger partial charge in [0.05, 0.1) is 13.0 Å². The number of esters is 1. The summed E-state index contributed by atoms with van der Waals surface area (Å²) in [7, 11) is 1.37. The van der Waals surface area contributed by atoms with Gasteiger partial charge < -0.3 is 19.7 Å². The molecule has 0 aromatic carbocycles. The zero-order valence-corrected chi connectivity index (χ0v) is 13.9. The Morgan fingerprint density at radius 3 is 2.33 bits per heavy atom. The molecule has 0 bridgehead atoms. The summed E-state index contributed by atoms with van der Waals surface area (Å²) >= 11 is 0. The second-order valence-electron chi connectivity index (χ2n) is 6.86. The van der Waals surface area contributed by atoms with Gasteiger partial charge in [0.25, 0.3) is 0 Å². The van der Waals surface area contributed by atoms with Crippen molar-refractivity contribution >= 4 is 12.1 Å². The Morgan fingerprint density at radius 2 is 1.86 bits per heavy atom. The van der Waals surface area contributed by atoms with Crippen molar-refractivity contribution in [2.24, 2.45) is 5.92 Å². The van der Waals surface area contributed by atoms with E-state index in [2.05, 4.69) is 5.32 Å². The molecule has 0 aromatic rings. The number of carbonyl (C=O) groups excluding carboxylic acids is 2. The highest BCUT2D eigenvalue weighted by Gasteiger charge is 2.36. The second kappa shape index (κ2) is 7.11. The van der Waals surface area contributed by atoms with E-state index in [-0.39, 0.29) is 30.1 Å². The van der Waals surface area contributed by atoms with E-state index in [0.29, 0.717) is 19.5 Å². The summed E-state index contributed by atoms with van der Waals surface area (Å²) < 4.78 is 10.2. The Kier molecular flexibility index (Phi) is 6.01. The molecule has 1 heterocycles. The van der Waals surface area contributed by atoms with E-state index in [1.807, 2.05) is 34.6 Å². The van der Waals surface area contributed by atoms with Crippen LogP contribution in [0.4, 0.5) is 4.79 Å². The van der Waals surface area contributed by atoms with Gasteiger partial charge in [-0.25, -0.2) is 4.79 Å². The molecule has 0 aromatic heterocycles. The molecular weight excluding hydrogens is 272 g/mol. The summed E-state index contributed by atoms with van der Waals surface area (Å²) in [5, 5.41) is 3.38. The van der Waals surface area contributed by atoms with Crippen molar-refractivity contribution in [1.29, 1.82) is 0 Å². The number of ether oxygens (including phenoxy) is 2. The highest BCUT2D eigenvalue weighted by Crippen LogP contribution is 2.21. The monoisotopic (exact) mass is 300 g/mol. The van der Waals surface area contributed by atoms with Crippen LogP contribution in [0.15, 0.2) is 0 Å². The average Bonchev–Trinajstić information content (AvgIpc) is 2.34. The summed E-state index contributed by atoms with van der Waals surface area (Å²) in [6.07, 6.45) is 0.288. The minimum Gasteiger partial charge on any atom is -0.469 e. The van der Waals surface area contributed by atoms with Crippen LogP contribution >= 0.6 is 0 Å². The largest absolute Gasteiger partial charge is 0.469 e. The molecule has 1 saturated heterocycles. The topological polar surface area (TPSA) is 67.9 Å². The minimum atomic E-state index is -0.545. The van der Waals surface area contributed by atoms with Gasteiger partial charge in [-0.15, -0.1) is 0 Å². The number of rotatable bonds is 3. The quantitative estimate of drug-likeness (QED) is 0.805. The van der Waals surface area contributed by atoms with E-state index in [9.17, 15) is 9.59 Å². The molecule has 0 aliphatic carbocycles. The van der Waals surface area contributed by atoms with E-state index >= 15 is 0 Å². The number of amides is 1. The molecule has 1 fully saturated rings. The van der Waals surface area contributed by atoms with Crippen LogP contribution in [0.2, 0.25) is 0 Å². The predicted octanol–water partition coefficient (Wildman–Crippen LogP) is 1.78. The molecule has 21 heavy (non-hydrogen) atoms. The van der Waals surface area contributed by atoms with Gasteiger partial charge in [-0.3, -0.25) is 4.79 Å². The summed E-state index contributed by atoms with van der Waals surface area (Å²) in [6.45, 7) is 10.5. The lowest BCUT2D eigenvalue weighted by Crippen LogP contribution is -2.55. The molecule has 1 aliphatic heterocycles. The summed E-state index contributed by atoms with van der Waals surface area (Å²) in [4.78, 5) is 25.6. The first kappa shape index (κ1) is 17.8. The van der Waals surface area contributed by atoms with Gasteiger partial charge in [0.1, 0.15) is 5.60 Å². The van der Waals surface area contributed by atoms with Gasteiger partial charge in [-0.1, -0.05) is 13.8 Å². The van der Waals surface area contributed by atoms with Crippen molar-refractivity contribution in [3.05, 3.63) is 0 Å². The summed E-state index contributed by atoms with van der Waals surface area (Å²) in [5.41, 5.74) is -0.545. The van der Waals surface area contributed by atoms with Crippen molar-refractivity contribution in [3.8, 4) is 0 Å². The van der Waals surface area contributed by atoms with Crippen LogP contribution in [0.25, 0.3) is 0 Å². The smallest absolute Gasteiger partial charge is 0.410 e. The van der Waals surface area contributed by atoms with Crippen molar-refractivity contribution in [2.75, 3.05) is 20.2 Å². The minimum absolute atomic E-state index is 0.0652. The molecule has 2 atom stereocenters. The first-order valence-electron chi connectivity index (χ1n) is 7.44. The van der Waals surface area contributed by atoms with E-state index in [1.165, 1.54) is 7.11 Å².